The van der Waals surface area contributed by atoms with E-state index in [9.17, 15) is 4.79 Å². The smallest absolute Gasteiger partial charge is 0.225 e. The zero-order chi connectivity index (χ0) is 13.0. The molecule has 0 aliphatic rings. The molecule has 2 rings (SSSR count). The molecule has 0 unspecified atom stereocenters. The van der Waals surface area contributed by atoms with Gasteiger partial charge in [0.15, 0.2) is 0 Å². The topological polar surface area (TPSA) is 54.0 Å². The Morgan fingerprint density at radius 2 is 2.22 bits per heavy atom. The van der Waals surface area contributed by atoms with Gasteiger partial charge in [-0.1, -0.05) is 11.6 Å². The van der Waals surface area contributed by atoms with E-state index in [1.807, 2.05) is 19.2 Å². The van der Waals surface area contributed by atoms with Crippen molar-refractivity contribution in [3.63, 3.8) is 0 Å². The minimum atomic E-state index is -0.0429. The Morgan fingerprint density at radius 3 is 3.00 bits per heavy atom. The van der Waals surface area contributed by atoms with E-state index in [0.717, 1.165) is 5.39 Å². The molecular formula is C13H14ClN3O. The molecule has 1 heterocycles. The van der Waals surface area contributed by atoms with Gasteiger partial charge < -0.3 is 10.6 Å². The van der Waals surface area contributed by atoms with Crippen LogP contribution in [0.2, 0.25) is 5.02 Å². The largest absolute Gasteiger partial charge is 0.324 e. The van der Waals surface area contributed by atoms with Gasteiger partial charge in [0.25, 0.3) is 0 Å². The molecule has 0 atom stereocenters. The van der Waals surface area contributed by atoms with Crippen molar-refractivity contribution in [2.45, 2.75) is 6.42 Å². The first kappa shape index (κ1) is 12.8. The monoisotopic (exact) mass is 263 g/mol. The van der Waals surface area contributed by atoms with Gasteiger partial charge in [0.05, 0.1) is 16.2 Å². The van der Waals surface area contributed by atoms with Gasteiger partial charge in [-0.2, -0.15) is 0 Å². The Hall–Kier alpha value is -1.65. The number of halogens is 1. The quantitative estimate of drug-likeness (QED) is 0.891. The van der Waals surface area contributed by atoms with Crippen LogP contribution in [-0.2, 0) is 4.79 Å². The number of carbonyl (C=O) groups excluding carboxylic acids is 1. The van der Waals surface area contributed by atoms with Crippen molar-refractivity contribution < 1.29 is 4.79 Å². The zero-order valence-electron chi connectivity index (χ0n) is 10.0. The van der Waals surface area contributed by atoms with Crippen LogP contribution in [0.4, 0.5) is 5.69 Å². The lowest BCUT2D eigenvalue weighted by Crippen LogP contribution is -2.18. The minimum Gasteiger partial charge on any atom is -0.324 e. The van der Waals surface area contributed by atoms with Crippen LogP contribution in [0.25, 0.3) is 10.9 Å². The number of aromatic nitrogens is 1. The van der Waals surface area contributed by atoms with Gasteiger partial charge >= 0.3 is 0 Å². The first-order valence-electron chi connectivity index (χ1n) is 5.70. The summed E-state index contributed by atoms with van der Waals surface area (Å²) in [5.41, 5.74) is 1.40. The molecule has 1 amide bonds. The number of rotatable bonds is 4. The number of anilines is 1. The Balaban J connectivity index is 2.29. The van der Waals surface area contributed by atoms with E-state index >= 15 is 0 Å². The summed E-state index contributed by atoms with van der Waals surface area (Å²) in [6.07, 6.45) is 2.11. The Bertz CT molecular complexity index is 571. The molecule has 0 bridgehead atoms. The highest BCUT2D eigenvalue weighted by atomic mass is 35.5. The summed E-state index contributed by atoms with van der Waals surface area (Å²) in [7, 11) is 1.81. The normalized spacial score (nSPS) is 10.6. The first-order chi connectivity index (χ1) is 8.72. The van der Waals surface area contributed by atoms with Gasteiger partial charge in [-0.25, -0.2) is 0 Å². The van der Waals surface area contributed by atoms with E-state index in [2.05, 4.69) is 15.6 Å². The lowest BCUT2D eigenvalue weighted by molar-refractivity contribution is -0.116. The number of benzene rings is 1. The maximum absolute atomic E-state index is 11.7. The fourth-order valence-corrected chi connectivity index (χ4v) is 1.91. The third-order valence-electron chi connectivity index (χ3n) is 2.59. The second-order valence-electron chi connectivity index (χ2n) is 3.90. The molecule has 0 saturated heterocycles. The van der Waals surface area contributed by atoms with Crippen LogP contribution in [0.3, 0.4) is 0 Å². The summed E-state index contributed by atoms with van der Waals surface area (Å²) in [4.78, 5) is 15.9. The second kappa shape index (κ2) is 5.80. The summed E-state index contributed by atoms with van der Waals surface area (Å²) in [6, 6.07) is 7.24. The van der Waals surface area contributed by atoms with Crippen LogP contribution in [0.15, 0.2) is 30.5 Å². The van der Waals surface area contributed by atoms with Gasteiger partial charge in [0, 0.05) is 24.5 Å². The van der Waals surface area contributed by atoms with Gasteiger partial charge in [-0.05, 0) is 31.3 Å². The Morgan fingerprint density at radius 1 is 1.39 bits per heavy atom. The molecule has 0 radical (unpaired) electrons. The lowest BCUT2D eigenvalue weighted by Gasteiger charge is -2.08. The number of pyridine rings is 1. The molecule has 0 saturated carbocycles. The van der Waals surface area contributed by atoms with Crippen molar-refractivity contribution in [3.8, 4) is 0 Å². The lowest BCUT2D eigenvalue weighted by atomic mass is 10.2. The molecule has 94 valence electrons. The van der Waals surface area contributed by atoms with Gasteiger partial charge in [0.2, 0.25) is 5.91 Å². The molecule has 2 aromatic rings. The molecule has 0 aliphatic heterocycles. The third-order valence-corrected chi connectivity index (χ3v) is 2.92. The molecule has 4 nitrogen and oxygen atoms in total. The number of fused-ring (bicyclic) bond motifs is 1. The van der Waals surface area contributed by atoms with Gasteiger partial charge in [-0.15, -0.1) is 0 Å². The average Bonchev–Trinajstić information content (AvgIpc) is 2.40. The summed E-state index contributed by atoms with van der Waals surface area (Å²) in [5, 5.41) is 7.25. The molecule has 2 N–H and O–H groups in total. The number of nitrogens with zero attached hydrogens (tertiary/aromatic N) is 1. The van der Waals surface area contributed by atoms with E-state index in [4.69, 9.17) is 11.6 Å². The van der Waals surface area contributed by atoms with E-state index in [1.165, 1.54) is 0 Å². The standard InChI is InChI=1S/C13H14ClN3O/c1-15-8-6-12(18)17-11-5-4-10(14)9-3-2-7-16-13(9)11/h2-5,7,15H,6,8H2,1H3,(H,17,18). The van der Waals surface area contributed by atoms with E-state index < -0.39 is 0 Å². The molecule has 18 heavy (non-hydrogen) atoms. The maximum atomic E-state index is 11.7. The molecule has 1 aromatic carbocycles. The van der Waals surface area contributed by atoms with E-state index in [1.54, 1.807) is 18.3 Å². The highest BCUT2D eigenvalue weighted by Crippen LogP contribution is 2.27. The number of hydrogen-bond donors (Lipinski definition) is 2. The van der Waals surface area contributed by atoms with Crippen LogP contribution in [-0.4, -0.2) is 24.5 Å². The van der Waals surface area contributed by atoms with Crippen molar-refractivity contribution >= 4 is 34.1 Å². The summed E-state index contributed by atoms with van der Waals surface area (Å²) in [5.74, 6) is -0.0429. The van der Waals surface area contributed by atoms with Crippen molar-refractivity contribution in [2.24, 2.45) is 0 Å². The highest BCUT2D eigenvalue weighted by molar-refractivity contribution is 6.35. The van der Waals surface area contributed by atoms with Crippen LogP contribution < -0.4 is 10.6 Å². The number of hydrogen-bond acceptors (Lipinski definition) is 3. The van der Waals surface area contributed by atoms with Gasteiger partial charge in [0.1, 0.15) is 0 Å². The molecular weight excluding hydrogens is 250 g/mol. The predicted molar refractivity (Wildman–Crippen MR) is 73.9 cm³/mol. The molecule has 0 spiro atoms. The molecule has 5 heteroatoms. The summed E-state index contributed by atoms with van der Waals surface area (Å²) in [6.45, 7) is 0.644. The fraction of sp³-hybridized carbons (Fsp3) is 0.231. The average molecular weight is 264 g/mol. The Labute approximate surface area is 110 Å². The van der Waals surface area contributed by atoms with E-state index in [0.29, 0.717) is 29.2 Å². The predicted octanol–water partition coefficient (Wildman–Crippen LogP) is 2.44. The SMILES string of the molecule is CNCCC(=O)Nc1ccc(Cl)c2cccnc12. The van der Waals surface area contributed by atoms with Crippen LogP contribution in [0, 0.1) is 0 Å². The maximum Gasteiger partial charge on any atom is 0.225 e. The van der Waals surface area contributed by atoms with Crippen LogP contribution in [0.5, 0.6) is 0 Å². The summed E-state index contributed by atoms with van der Waals surface area (Å²) < 4.78 is 0. The first-order valence-corrected chi connectivity index (χ1v) is 6.08. The molecule has 1 aromatic heterocycles. The third kappa shape index (κ3) is 2.78. The Kier molecular flexibility index (Phi) is 4.12. The number of nitrogens with one attached hydrogen (secondary N) is 2. The van der Waals surface area contributed by atoms with Crippen molar-refractivity contribution in [2.75, 3.05) is 18.9 Å². The summed E-state index contributed by atoms with van der Waals surface area (Å²) >= 11 is 6.09. The van der Waals surface area contributed by atoms with Crippen LogP contribution >= 0.6 is 11.6 Å². The van der Waals surface area contributed by atoms with E-state index in [-0.39, 0.29) is 5.91 Å². The van der Waals surface area contributed by atoms with Crippen molar-refractivity contribution in [1.29, 1.82) is 0 Å². The number of carbonyl (C=O) groups is 1. The highest BCUT2D eigenvalue weighted by Gasteiger charge is 2.08. The van der Waals surface area contributed by atoms with Crippen LogP contribution in [0.1, 0.15) is 6.42 Å². The van der Waals surface area contributed by atoms with Crippen molar-refractivity contribution in [1.82, 2.24) is 10.3 Å². The second-order valence-corrected chi connectivity index (χ2v) is 4.30. The molecule has 0 aliphatic carbocycles. The molecule has 0 fully saturated rings. The van der Waals surface area contributed by atoms with Gasteiger partial charge in [-0.3, -0.25) is 9.78 Å². The zero-order valence-corrected chi connectivity index (χ0v) is 10.8. The fourth-order valence-electron chi connectivity index (χ4n) is 1.69. The number of amides is 1. The minimum absolute atomic E-state index is 0.0429. The van der Waals surface area contributed by atoms with Crippen molar-refractivity contribution in [3.05, 3.63) is 35.5 Å².